The van der Waals surface area contributed by atoms with Gasteiger partial charge in [-0.1, -0.05) is 25.7 Å². The first-order chi connectivity index (χ1) is 6.79. The van der Waals surface area contributed by atoms with Gasteiger partial charge < -0.3 is 10.4 Å². The zero-order chi connectivity index (χ0) is 9.86. The molecule has 0 amide bonds. The predicted octanol–water partition coefficient (Wildman–Crippen LogP) is 2.07. The van der Waals surface area contributed by atoms with Crippen LogP contribution in [0.25, 0.3) is 0 Å². The Kier molecular flexibility index (Phi) is 3.45. The Labute approximate surface area is 87.1 Å². The lowest BCUT2D eigenvalue weighted by Crippen LogP contribution is -2.38. The molecular formula is C12H23NO. The number of hydrogen-bond acceptors (Lipinski definition) is 2. The van der Waals surface area contributed by atoms with E-state index in [2.05, 4.69) is 5.32 Å². The maximum absolute atomic E-state index is 10.0. The van der Waals surface area contributed by atoms with Crippen LogP contribution in [0, 0.1) is 5.92 Å². The van der Waals surface area contributed by atoms with E-state index in [4.69, 9.17) is 0 Å². The summed E-state index contributed by atoms with van der Waals surface area (Å²) < 4.78 is 0. The van der Waals surface area contributed by atoms with Crippen molar-refractivity contribution in [3.8, 4) is 0 Å². The highest BCUT2D eigenvalue weighted by atomic mass is 16.3. The Hall–Kier alpha value is -0.0800. The van der Waals surface area contributed by atoms with Gasteiger partial charge in [0.05, 0.1) is 5.60 Å². The van der Waals surface area contributed by atoms with Crippen molar-refractivity contribution in [2.45, 2.75) is 57.0 Å². The average molecular weight is 197 g/mol. The van der Waals surface area contributed by atoms with Crippen LogP contribution in [0.15, 0.2) is 0 Å². The second-order valence-corrected chi connectivity index (χ2v) is 5.19. The van der Waals surface area contributed by atoms with Gasteiger partial charge >= 0.3 is 0 Å². The van der Waals surface area contributed by atoms with Crippen molar-refractivity contribution in [3.05, 3.63) is 0 Å². The second kappa shape index (κ2) is 4.63. The molecule has 14 heavy (non-hydrogen) atoms. The molecule has 2 saturated carbocycles. The molecule has 2 N–H and O–H groups in total. The van der Waals surface area contributed by atoms with E-state index in [-0.39, 0.29) is 5.60 Å². The van der Waals surface area contributed by atoms with Crippen LogP contribution in [-0.2, 0) is 0 Å². The monoisotopic (exact) mass is 197 g/mol. The fourth-order valence-electron chi connectivity index (χ4n) is 2.45. The Morgan fingerprint density at radius 1 is 1.21 bits per heavy atom. The molecule has 2 rings (SSSR count). The lowest BCUT2D eigenvalue weighted by molar-refractivity contribution is 0.0478. The molecular weight excluding hydrogens is 174 g/mol. The Morgan fingerprint density at radius 2 is 1.93 bits per heavy atom. The molecule has 0 radical (unpaired) electrons. The summed E-state index contributed by atoms with van der Waals surface area (Å²) in [4.78, 5) is 0. The quantitative estimate of drug-likeness (QED) is 0.639. The van der Waals surface area contributed by atoms with Crippen LogP contribution in [0.3, 0.4) is 0 Å². The fourth-order valence-corrected chi connectivity index (χ4v) is 2.45. The van der Waals surface area contributed by atoms with Crippen molar-refractivity contribution in [1.82, 2.24) is 5.32 Å². The highest BCUT2D eigenvalue weighted by Gasteiger charge is 2.30. The Morgan fingerprint density at radius 3 is 2.57 bits per heavy atom. The van der Waals surface area contributed by atoms with E-state index in [0.29, 0.717) is 0 Å². The van der Waals surface area contributed by atoms with Crippen molar-refractivity contribution in [2.24, 2.45) is 5.92 Å². The minimum atomic E-state index is -0.362. The van der Waals surface area contributed by atoms with Crippen molar-refractivity contribution in [2.75, 3.05) is 13.1 Å². The molecule has 0 aromatic heterocycles. The summed E-state index contributed by atoms with van der Waals surface area (Å²) in [6.45, 7) is 1.91. The van der Waals surface area contributed by atoms with Gasteiger partial charge in [-0.25, -0.2) is 0 Å². The minimum Gasteiger partial charge on any atom is -0.389 e. The summed E-state index contributed by atoms with van der Waals surface area (Å²) in [5.74, 6) is 1.05. The van der Waals surface area contributed by atoms with Crippen LogP contribution >= 0.6 is 0 Å². The van der Waals surface area contributed by atoms with E-state index in [1.807, 2.05) is 0 Å². The molecule has 2 aliphatic carbocycles. The van der Waals surface area contributed by atoms with Crippen LogP contribution in [0.1, 0.15) is 51.4 Å². The maximum atomic E-state index is 10.0. The van der Waals surface area contributed by atoms with Gasteiger partial charge in [0.15, 0.2) is 0 Å². The van der Waals surface area contributed by atoms with Gasteiger partial charge in [-0.3, -0.25) is 0 Å². The molecule has 2 aliphatic rings. The molecule has 0 heterocycles. The molecule has 0 aromatic rings. The summed E-state index contributed by atoms with van der Waals surface area (Å²) >= 11 is 0. The van der Waals surface area contributed by atoms with Gasteiger partial charge in [-0.15, -0.1) is 0 Å². The standard InChI is InChI=1S/C12H23NO/c14-12(7-1-2-8-12)10-13-9-3-4-11-5-6-11/h11,13-14H,1-10H2. The molecule has 0 aromatic carbocycles. The zero-order valence-electron chi connectivity index (χ0n) is 9.10. The topological polar surface area (TPSA) is 32.3 Å². The second-order valence-electron chi connectivity index (χ2n) is 5.19. The first kappa shape index (κ1) is 10.4. The number of nitrogens with one attached hydrogen (secondary N) is 1. The van der Waals surface area contributed by atoms with Gasteiger partial charge in [0, 0.05) is 6.54 Å². The van der Waals surface area contributed by atoms with E-state index >= 15 is 0 Å². The molecule has 0 saturated heterocycles. The van der Waals surface area contributed by atoms with Crippen molar-refractivity contribution in [1.29, 1.82) is 0 Å². The molecule has 0 unspecified atom stereocenters. The van der Waals surface area contributed by atoms with Gasteiger partial charge in [0.1, 0.15) is 0 Å². The smallest absolute Gasteiger partial charge is 0.0771 e. The molecule has 0 aliphatic heterocycles. The van der Waals surface area contributed by atoms with E-state index < -0.39 is 0 Å². The number of hydrogen-bond donors (Lipinski definition) is 2. The van der Waals surface area contributed by atoms with E-state index in [1.54, 1.807) is 0 Å². The summed E-state index contributed by atoms with van der Waals surface area (Å²) in [6, 6.07) is 0. The Bertz CT molecular complexity index is 171. The van der Waals surface area contributed by atoms with Crippen molar-refractivity contribution < 1.29 is 5.11 Å². The number of rotatable bonds is 6. The summed E-state index contributed by atoms with van der Waals surface area (Å²) in [5, 5.41) is 13.5. The molecule has 0 bridgehead atoms. The van der Waals surface area contributed by atoms with Gasteiger partial charge in [-0.05, 0) is 38.1 Å². The van der Waals surface area contributed by atoms with E-state index in [9.17, 15) is 5.11 Å². The van der Waals surface area contributed by atoms with E-state index in [1.165, 1.54) is 38.5 Å². The number of aliphatic hydroxyl groups is 1. The van der Waals surface area contributed by atoms with Crippen LogP contribution < -0.4 is 5.32 Å². The maximum Gasteiger partial charge on any atom is 0.0771 e. The molecule has 2 heteroatoms. The molecule has 2 fully saturated rings. The lowest BCUT2D eigenvalue weighted by Gasteiger charge is -2.22. The fraction of sp³-hybridized carbons (Fsp3) is 1.00. The van der Waals surface area contributed by atoms with Gasteiger partial charge in [0.2, 0.25) is 0 Å². The van der Waals surface area contributed by atoms with Crippen LogP contribution in [0.4, 0.5) is 0 Å². The molecule has 0 spiro atoms. The first-order valence-corrected chi connectivity index (χ1v) is 6.22. The third-order valence-electron chi connectivity index (χ3n) is 3.65. The third kappa shape index (κ3) is 3.25. The average Bonchev–Trinajstić information content (AvgIpc) is 2.89. The predicted molar refractivity (Wildman–Crippen MR) is 58.2 cm³/mol. The van der Waals surface area contributed by atoms with Crippen LogP contribution in [0.5, 0.6) is 0 Å². The lowest BCUT2D eigenvalue weighted by atomic mass is 10.0. The highest BCUT2D eigenvalue weighted by molar-refractivity contribution is 4.86. The normalized spacial score (nSPS) is 25.5. The first-order valence-electron chi connectivity index (χ1n) is 6.22. The van der Waals surface area contributed by atoms with Gasteiger partial charge in [-0.2, -0.15) is 0 Å². The van der Waals surface area contributed by atoms with Gasteiger partial charge in [0.25, 0.3) is 0 Å². The summed E-state index contributed by atoms with van der Waals surface area (Å²) in [7, 11) is 0. The van der Waals surface area contributed by atoms with Crippen LogP contribution in [-0.4, -0.2) is 23.8 Å². The summed E-state index contributed by atoms with van der Waals surface area (Å²) in [6.07, 6.45) is 10.0. The minimum absolute atomic E-state index is 0.362. The zero-order valence-corrected chi connectivity index (χ0v) is 9.10. The SMILES string of the molecule is OC1(CNCCCC2CC2)CCCC1. The molecule has 2 nitrogen and oxygen atoms in total. The summed E-state index contributed by atoms with van der Waals surface area (Å²) in [5.41, 5.74) is -0.362. The largest absolute Gasteiger partial charge is 0.389 e. The van der Waals surface area contributed by atoms with Crippen molar-refractivity contribution in [3.63, 3.8) is 0 Å². The van der Waals surface area contributed by atoms with Crippen LogP contribution in [0.2, 0.25) is 0 Å². The Balaban J connectivity index is 1.48. The third-order valence-corrected chi connectivity index (χ3v) is 3.65. The van der Waals surface area contributed by atoms with Crippen molar-refractivity contribution >= 4 is 0 Å². The highest BCUT2D eigenvalue weighted by Crippen LogP contribution is 2.33. The molecule has 0 atom stereocenters. The molecule has 82 valence electrons. The van der Waals surface area contributed by atoms with E-state index in [0.717, 1.165) is 31.8 Å².